The fourth-order valence-corrected chi connectivity index (χ4v) is 5.32. The highest BCUT2D eigenvalue weighted by atomic mass is 79.9. The number of nitrogens with one attached hydrogen (secondary N) is 1. The molecule has 1 aromatic rings. The van der Waals surface area contributed by atoms with E-state index in [1.165, 1.54) is 0 Å². The maximum Gasteiger partial charge on any atom is 0.310 e. The maximum atomic E-state index is 12.7. The summed E-state index contributed by atoms with van der Waals surface area (Å²) in [4.78, 5) is 24.8. The zero-order valence-corrected chi connectivity index (χ0v) is 13.2. The number of anilines is 1. The van der Waals surface area contributed by atoms with Crippen LogP contribution in [0.25, 0.3) is 0 Å². The summed E-state index contributed by atoms with van der Waals surface area (Å²) in [5, 5.41) is 2.97. The van der Waals surface area contributed by atoms with Crippen LogP contribution in [0, 0.1) is 30.6 Å². The lowest BCUT2D eigenvalue weighted by molar-refractivity contribution is -0.145. The Bertz CT molecular complexity index is 632. The van der Waals surface area contributed by atoms with E-state index in [2.05, 4.69) is 21.2 Å². The average Bonchev–Trinajstić information content (AvgIpc) is 3.02. The normalized spacial score (nSPS) is 39.4. The van der Waals surface area contributed by atoms with Crippen LogP contribution in [0.15, 0.2) is 24.3 Å². The third-order valence-corrected chi connectivity index (χ3v) is 6.31. The van der Waals surface area contributed by atoms with E-state index in [1.807, 2.05) is 31.2 Å². The van der Waals surface area contributed by atoms with Gasteiger partial charge in [0, 0.05) is 11.6 Å². The molecular weight excluding hydrogens is 334 g/mol. The molecule has 0 radical (unpaired) electrons. The minimum absolute atomic E-state index is 0.0319. The molecule has 1 amide bonds. The number of hydrogen-bond donors (Lipinski definition) is 1. The molecule has 6 atom stereocenters. The van der Waals surface area contributed by atoms with Gasteiger partial charge in [0.15, 0.2) is 0 Å². The molecule has 1 N–H and O–H groups in total. The van der Waals surface area contributed by atoms with Gasteiger partial charge in [0.05, 0.1) is 16.7 Å². The molecule has 2 bridgehead atoms. The van der Waals surface area contributed by atoms with E-state index >= 15 is 0 Å². The first-order valence-corrected chi connectivity index (χ1v) is 8.20. The van der Waals surface area contributed by atoms with Crippen LogP contribution >= 0.6 is 15.9 Å². The molecule has 110 valence electrons. The second kappa shape index (κ2) is 4.57. The second-order valence-electron chi connectivity index (χ2n) is 6.32. The largest absolute Gasteiger partial charge is 0.461 e. The number of alkyl halides is 1. The van der Waals surface area contributed by atoms with Gasteiger partial charge in [-0.15, -0.1) is 0 Å². The minimum Gasteiger partial charge on any atom is -0.461 e. The lowest BCUT2D eigenvalue weighted by Crippen LogP contribution is -2.40. The van der Waals surface area contributed by atoms with Crippen LogP contribution < -0.4 is 5.32 Å². The van der Waals surface area contributed by atoms with Crippen molar-refractivity contribution in [3.8, 4) is 0 Å². The first-order chi connectivity index (χ1) is 10.1. The molecule has 4 nitrogen and oxygen atoms in total. The molecule has 2 saturated carbocycles. The summed E-state index contributed by atoms with van der Waals surface area (Å²) < 4.78 is 5.44. The van der Waals surface area contributed by atoms with Crippen LogP contribution in [0.3, 0.4) is 0 Å². The molecule has 1 saturated heterocycles. The number of halogens is 1. The molecule has 0 aromatic heterocycles. The van der Waals surface area contributed by atoms with Gasteiger partial charge in [-0.1, -0.05) is 28.1 Å². The molecule has 1 aromatic carbocycles. The molecule has 0 spiro atoms. The van der Waals surface area contributed by atoms with Gasteiger partial charge in [-0.2, -0.15) is 0 Å². The van der Waals surface area contributed by atoms with E-state index < -0.39 is 0 Å². The predicted molar refractivity (Wildman–Crippen MR) is 81.0 cm³/mol. The van der Waals surface area contributed by atoms with Crippen molar-refractivity contribution in [2.75, 3.05) is 5.32 Å². The van der Waals surface area contributed by atoms with E-state index in [9.17, 15) is 9.59 Å². The molecule has 0 unspecified atom stereocenters. The van der Waals surface area contributed by atoms with Gasteiger partial charge in [0.25, 0.3) is 0 Å². The summed E-state index contributed by atoms with van der Waals surface area (Å²) in [5.41, 5.74) is 1.89. The van der Waals surface area contributed by atoms with Gasteiger partial charge >= 0.3 is 5.97 Å². The first kappa shape index (κ1) is 13.3. The SMILES string of the molecule is Cc1cccc(NC(=O)[C@H]2[C@H]3C[C@H]4[C@H](OC(=O)[C@@H]42)[C@@H]3Br)c1. The number of aryl methyl sites for hydroxylation is 1. The number of benzene rings is 1. The van der Waals surface area contributed by atoms with Crippen LogP contribution in [-0.4, -0.2) is 22.8 Å². The van der Waals surface area contributed by atoms with E-state index in [0.29, 0.717) is 0 Å². The Morgan fingerprint density at radius 3 is 2.95 bits per heavy atom. The lowest BCUT2D eigenvalue weighted by Gasteiger charge is -2.27. The van der Waals surface area contributed by atoms with Gasteiger partial charge in [0.1, 0.15) is 6.10 Å². The molecule has 4 rings (SSSR count). The fourth-order valence-electron chi connectivity index (χ4n) is 4.28. The molecule has 2 aliphatic carbocycles. The maximum absolute atomic E-state index is 12.7. The molecule has 5 heteroatoms. The standard InChI is InChI=1S/C16H16BrNO3/c1-7-3-2-4-8(5-7)18-15(19)11-9-6-10-12(11)16(20)21-14(10)13(9)17/h2-5,9-14H,6H2,1H3,(H,18,19)/t9-,10-,11+,12+,13-,14+/m1/s1. The van der Waals surface area contributed by atoms with E-state index in [1.54, 1.807) is 0 Å². The van der Waals surface area contributed by atoms with E-state index in [0.717, 1.165) is 17.7 Å². The Morgan fingerprint density at radius 2 is 2.19 bits per heavy atom. The minimum atomic E-state index is -0.272. The van der Waals surface area contributed by atoms with Gasteiger partial charge in [-0.3, -0.25) is 9.59 Å². The lowest BCUT2D eigenvalue weighted by atomic mass is 9.79. The summed E-state index contributed by atoms with van der Waals surface area (Å²) in [6.07, 6.45) is 0.874. The van der Waals surface area contributed by atoms with Gasteiger partial charge < -0.3 is 10.1 Å². The van der Waals surface area contributed by atoms with Crippen molar-refractivity contribution in [2.45, 2.75) is 24.3 Å². The molecular formula is C16H16BrNO3. The number of hydrogen-bond acceptors (Lipinski definition) is 3. The summed E-state index contributed by atoms with van der Waals surface area (Å²) in [6.45, 7) is 1.99. The quantitative estimate of drug-likeness (QED) is 0.659. The highest BCUT2D eigenvalue weighted by Gasteiger charge is 2.67. The van der Waals surface area contributed by atoms with Crippen molar-refractivity contribution in [3.05, 3.63) is 29.8 Å². The third kappa shape index (κ3) is 1.86. The summed E-state index contributed by atoms with van der Waals surface area (Å²) in [6, 6.07) is 7.71. The van der Waals surface area contributed by atoms with Crippen molar-refractivity contribution < 1.29 is 14.3 Å². The molecule has 3 aliphatic rings. The van der Waals surface area contributed by atoms with Crippen molar-refractivity contribution in [1.82, 2.24) is 0 Å². The highest BCUT2D eigenvalue weighted by Crippen LogP contribution is 2.60. The topological polar surface area (TPSA) is 55.4 Å². The number of carbonyl (C=O) groups excluding carboxylic acids is 2. The van der Waals surface area contributed by atoms with Crippen molar-refractivity contribution >= 4 is 33.5 Å². The zero-order valence-electron chi connectivity index (χ0n) is 11.6. The highest BCUT2D eigenvalue weighted by molar-refractivity contribution is 9.09. The number of amides is 1. The molecule has 1 aliphatic heterocycles. The Morgan fingerprint density at radius 1 is 1.38 bits per heavy atom. The number of carbonyl (C=O) groups is 2. The van der Waals surface area contributed by atoms with E-state index in [-0.39, 0.29) is 46.5 Å². The molecule has 1 heterocycles. The van der Waals surface area contributed by atoms with Crippen LogP contribution in [-0.2, 0) is 14.3 Å². The van der Waals surface area contributed by atoms with Gasteiger partial charge in [0.2, 0.25) is 5.91 Å². The van der Waals surface area contributed by atoms with Crippen molar-refractivity contribution in [3.63, 3.8) is 0 Å². The molecule has 3 fully saturated rings. The Labute approximate surface area is 131 Å². The second-order valence-corrected chi connectivity index (χ2v) is 7.38. The predicted octanol–water partition coefficient (Wildman–Crippen LogP) is 2.50. The van der Waals surface area contributed by atoms with Gasteiger partial charge in [-0.05, 0) is 37.0 Å². The van der Waals surface area contributed by atoms with Crippen LogP contribution in [0.5, 0.6) is 0 Å². The zero-order chi connectivity index (χ0) is 14.7. The number of ether oxygens (including phenoxy) is 1. The number of rotatable bonds is 2. The number of esters is 1. The first-order valence-electron chi connectivity index (χ1n) is 7.28. The average molecular weight is 350 g/mol. The number of fused-ring (bicyclic) bond motifs is 1. The van der Waals surface area contributed by atoms with Crippen molar-refractivity contribution in [1.29, 1.82) is 0 Å². The van der Waals surface area contributed by atoms with E-state index in [4.69, 9.17) is 4.74 Å². The third-order valence-electron chi connectivity index (χ3n) is 5.11. The van der Waals surface area contributed by atoms with Gasteiger partial charge in [-0.25, -0.2) is 0 Å². The summed E-state index contributed by atoms with van der Waals surface area (Å²) in [7, 11) is 0. The Balaban J connectivity index is 1.59. The van der Waals surface area contributed by atoms with Crippen LogP contribution in [0.1, 0.15) is 12.0 Å². The summed E-state index contributed by atoms with van der Waals surface area (Å²) in [5.74, 6) is -0.371. The monoisotopic (exact) mass is 349 g/mol. The summed E-state index contributed by atoms with van der Waals surface area (Å²) >= 11 is 3.62. The van der Waals surface area contributed by atoms with Crippen LogP contribution in [0.2, 0.25) is 0 Å². The fraction of sp³-hybridized carbons (Fsp3) is 0.500. The molecule has 21 heavy (non-hydrogen) atoms. The Kier molecular flexibility index (Phi) is 2.89. The smallest absolute Gasteiger partial charge is 0.310 e. The Hall–Kier alpha value is -1.36. The van der Waals surface area contributed by atoms with Crippen LogP contribution in [0.4, 0.5) is 5.69 Å². The van der Waals surface area contributed by atoms with Crippen molar-refractivity contribution in [2.24, 2.45) is 23.7 Å².